The fourth-order valence-corrected chi connectivity index (χ4v) is 3.20. The summed E-state index contributed by atoms with van der Waals surface area (Å²) < 4.78 is 21.6. The highest BCUT2D eigenvalue weighted by Crippen LogP contribution is 2.28. The zero-order valence-electron chi connectivity index (χ0n) is 13.6. The molecule has 0 unspecified atom stereocenters. The number of rotatable bonds is 6. The van der Waals surface area contributed by atoms with Gasteiger partial charge in [0.15, 0.2) is 0 Å². The standard InChI is InChI=1S/C18H24FN3O/c1-13-6-7-17(19)15(8-13)12-23-18-9-16(10-20)21-22(18)11-14-4-2-3-5-14/h6-9,14H,2-5,10-12,20H2,1H3. The van der Waals surface area contributed by atoms with Crippen LogP contribution in [0.4, 0.5) is 4.39 Å². The molecule has 23 heavy (non-hydrogen) atoms. The molecule has 2 aromatic rings. The van der Waals surface area contributed by atoms with Crippen LogP contribution < -0.4 is 10.5 Å². The molecule has 1 aliphatic rings. The van der Waals surface area contributed by atoms with Gasteiger partial charge in [-0.05, 0) is 37.8 Å². The molecule has 0 atom stereocenters. The maximum Gasteiger partial charge on any atom is 0.212 e. The predicted molar refractivity (Wildman–Crippen MR) is 87.5 cm³/mol. The quantitative estimate of drug-likeness (QED) is 0.886. The van der Waals surface area contributed by atoms with Gasteiger partial charge in [0.2, 0.25) is 5.88 Å². The molecule has 1 aliphatic carbocycles. The summed E-state index contributed by atoms with van der Waals surface area (Å²) in [5.41, 5.74) is 8.09. The van der Waals surface area contributed by atoms with Crippen LogP contribution in [0.1, 0.15) is 42.5 Å². The lowest BCUT2D eigenvalue weighted by Gasteiger charge is -2.13. The minimum Gasteiger partial charge on any atom is -0.473 e. The maximum absolute atomic E-state index is 13.8. The number of nitrogens with two attached hydrogens (primary N) is 1. The summed E-state index contributed by atoms with van der Waals surface area (Å²) >= 11 is 0. The van der Waals surface area contributed by atoms with Crippen molar-refractivity contribution in [3.8, 4) is 5.88 Å². The van der Waals surface area contributed by atoms with Gasteiger partial charge in [0.25, 0.3) is 0 Å². The third-order valence-corrected chi connectivity index (χ3v) is 4.49. The molecule has 1 heterocycles. The predicted octanol–water partition coefficient (Wildman–Crippen LogP) is 3.56. The van der Waals surface area contributed by atoms with Crippen LogP contribution in [-0.4, -0.2) is 9.78 Å². The molecular weight excluding hydrogens is 293 g/mol. The normalized spacial score (nSPS) is 15.3. The zero-order chi connectivity index (χ0) is 16.2. The largest absolute Gasteiger partial charge is 0.473 e. The third-order valence-electron chi connectivity index (χ3n) is 4.49. The van der Waals surface area contributed by atoms with Gasteiger partial charge in [-0.2, -0.15) is 5.10 Å². The van der Waals surface area contributed by atoms with E-state index in [-0.39, 0.29) is 12.4 Å². The maximum atomic E-state index is 13.8. The number of ether oxygens (including phenoxy) is 1. The van der Waals surface area contributed by atoms with Gasteiger partial charge in [-0.1, -0.05) is 24.5 Å². The highest BCUT2D eigenvalue weighted by molar-refractivity contribution is 5.24. The average Bonchev–Trinajstić information content (AvgIpc) is 3.18. The van der Waals surface area contributed by atoms with E-state index in [9.17, 15) is 4.39 Å². The molecule has 2 N–H and O–H groups in total. The number of benzene rings is 1. The summed E-state index contributed by atoms with van der Waals surface area (Å²) in [6.07, 6.45) is 5.06. The number of aromatic nitrogens is 2. The van der Waals surface area contributed by atoms with Gasteiger partial charge in [-0.15, -0.1) is 0 Å². The Morgan fingerprint density at radius 2 is 2.09 bits per heavy atom. The smallest absolute Gasteiger partial charge is 0.212 e. The summed E-state index contributed by atoms with van der Waals surface area (Å²) in [4.78, 5) is 0. The first-order valence-corrected chi connectivity index (χ1v) is 8.30. The molecule has 0 amide bonds. The van der Waals surface area contributed by atoms with Crippen molar-refractivity contribution < 1.29 is 9.13 Å². The van der Waals surface area contributed by atoms with Crippen molar-refractivity contribution in [2.75, 3.05) is 0 Å². The SMILES string of the molecule is Cc1ccc(F)c(COc2cc(CN)nn2CC2CCCC2)c1. The third kappa shape index (κ3) is 3.91. The Bertz CT molecular complexity index is 662. The van der Waals surface area contributed by atoms with E-state index in [0.717, 1.165) is 17.8 Å². The number of hydrogen-bond donors (Lipinski definition) is 1. The Balaban J connectivity index is 1.73. The van der Waals surface area contributed by atoms with Gasteiger partial charge in [0.1, 0.15) is 12.4 Å². The minimum absolute atomic E-state index is 0.202. The van der Waals surface area contributed by atoms with Crippen molar-refractivity contribution in [2.45, 2.75) is 52.3 Å². The van der Waals surface area contributed by atoms with Crippen molar-refractivity contribution in [3.63, 3.8) is 0 Å². The molecule has 1 saturated carbocycles. The topological polar surface area (TPSA) is 53.1 Å². The summed E-state index contributed by atoms with van der Waals surface area (Å²) in [6.45, 7) is 3.38. The Kier molecular flexibility index (Phi) is 4.96. The fraction of sp³-hybridized carbons (Fsp3) is 0.500. The zero-order valence-corrected chi connectivity index (χ0v) is 13.6. The molecule has 0 radical (unpaired) electrons. The molecule has 5 heteroatoms. The molecule has 3 rings (SSSR count). The Morgan fingerprint density at radius 1 is 1.30 bits per heavy atom. The lowest BCUT2D eigenvalue weighted by atomic mass is 10.1. The lowest BCUT2D eigenvalue weighted by molar-refractivity contribution is 0.257. The number of aryl methyl sites for hydroxylation is 1. The molecule has 1 aromatic heterocycles. The molecule has 0 aliphatic heterocycles. The van der Waals surface area contributed by atoms with Gasteiger partial charge in [-0.25, -0.2) is 9.07 Å². The van der Waals surface area contributed by atoms with Crippen molar-refractivity contribution in [1.82, 2.24) is 9.78 Å². The molecule has 1 aromatic carbocycles. The first kappa shape index (κ1) is 16.0. The van der Waals surface area contributed by atoms with Crippen LogP contribution in [-0.2, 0) is 19.7 Å². The first-order valence-electron chi connectivity index (χ1n) is 8.30. The molecule has 1 fully saturated rings. The van der Waals surface area contributed by atoms with Crippen LogP contribution in [0.15, 0.2) is 24.3 Å². The second-order valence-electron chi connectivity index (χ2n) is 6.39. The van der Waals surface area contributed by atoms with E-state index in [1.54, 1.807) is 6.07 Å². The van der Waals surface area contributed by atoms with Crippen LogP contribution in [0.3, 0.4) is 0 Å². The van der Waals surface area contributed by atoms with E-state index in [1.165, 1.54) is 31.7 Å². The summed E-state index contributed by atoms with van der Waals surface area (Å²) in [5.74, 6) is 1.09. The van der Waals surface area contributed by atoms with Crippen LogP contribution in [0.5, 0.6) is 5.88 Å². The van der Waals surface area contributed by atoms with Crippen LogP contribution in [0.25, 0.3) is 0 Å². The van der Waals surface area contributed by atoms with E-state index in [0.29, 0.717) is 23.9 Å². The van der Waals surface area contributed by atoms with Crippen molar-refractivity contribution >= 4 is 0 Å². The van der Waals surface area contributed by atoms with E-state index in [1.807, 2.05) is 23.7 Å². The second kappa shape index (κ2) is 7.13. The van der Waals surface area contributed by atoms with Crippen molar-refractivity contribution in [2.24, 2.45) is 11.7 Å². The molecule has 4 nitrogen and oxygen atoms in total. The highest BCUT2D eigenvalue weighted by atomic mass is 19.1. The van der Waals surface area contributed by atoms with Crippen LogP contribution in [0.2, 0.25) is 0 Å². The van der Waals surface area contributed by atoms with Gasteiger partial charge in [0.05, 0.1) is 5.69 Å². The lowest BCUT2D eigenvalue weighted by Crippen LogP contribution is -2.12. The van der Waals surface area contributed by atoms with E-state index in [2.05, 4.69) is 5.10 Å². The van der Waals surface area contributed by atoms with Gasteiger partial charge in [0, 0.05) is 24.7 Å². The fourth-order valence-electron chi connectivity index (χ4n) is 3.20. The monoisotopic (exact) mass is 317 g/mol. The van der Waals surface area contributed by atoms with Crippen molar-refractivity contribution in [3.05, 3.63) is 46.9 Å². The molecular formula is C18H24FN3O. The highest BCUT2D eigenvalue weighted by Gasteiger charge is 2.19. The first-order chi connectivity index (χ1) is 11.2. The van der Waals surface area contributed by atoms with Crippen LogP contribution in [0, 0.1) is 18.7 Å². The number of halogens is 1. The summed E-state index contributed by atoms with van der Waals surface area (Å²) in [6, 6.07) is 6.92. The molecule has 0 spiro atoms. The van der Waals surface area contributed by atoms with E-state index in [4.69, 9.17) is 10.5 Å². The van der Waals surface area contributed by atoms with Gasteiger partial charge < -0.3 is 10.5 Å². The second-order valence-corrected chi connectivity index (χ2v) is 6.39. The summed E-state index contributed by atoms with van der Waals surface area (Å²) in [5, 5.41) is 4.52. The molecule has 0 bridgehead atoms. The Hall–Kier alpha value is -1.88. The minimum atomic E-state index is -0.239. The molecule has 0 saturated heterocycles. The Labute approximate surface area is 136 Å². The number of hydrogen-bond acceptors (Lipinski definition) is 3. The Morgan fingerprint density at radius 3 is 2.83 bits per heavy atom. The van der Waals surface area contributed by atoms with E-state index < -0.39 is 0 Å². The van der Waals surface area contributed by atoms with Gasteiger partial charge in [-0.3, -0.25) is 0 Å². The summed E-state index contributed by atoms with van der Waals surface area (Å²) in [7, 11) is 0. The van der Waals surface area contributed by atoms with Crippen molar-refractivity contribution in [1.29, 1.82) is 0 Å². The van der Waals surface area contributed by atoms with Gasteiger partial charge >= 0.3 is 0 Å². The molecule has 124 valence electrons. The van der Waals surface area contributed by atoms with Crippen LogP contribution >= 0.6 is 0 Å². The van der Waals surface area contributed by atoms with E-state index >= 15 is 0 Å². The number of nitrogens with zero attached hydrogens (tertiary/aromatic N) is 2. The average molecular weight is 317 g/mol.